The Hall–Kier alpha value is -2.37. The Morgan fingerprint density at radius 1 is 1.17 bits per heavy atom. The lowest BCUT2D eigenvalue weighted by Gasteiger charge is -2.34. The fourth-order valence-corrected chi connectivity index (χ4v) is 4.46. The van der Waals surface area contributed by atoms with Gasteiger partial charge in [0.2, 0.25) is 11.0 Å². The normalized spacial score (nSPS) is 14.4. The second kappa shape index (κ2) is 11.7. The van der Waals surface area contributed by atoms with Gasteiger partial charge in [-0.1, -0.05) is 41.3 Å². The van der Waals surface area contributed by atoms with Crippen molar-refractivity contribution in [2.75, 3.05) is 57.0 Å². The number of nitrogens with zero attached hydrogens (tertiary/aromatic N) is 4. The SMILES string of the molecule is CCOC(=O)Nc1nnc(SCC(=O)N2CCN(CCOc3ccccc3)CC2)s1. The first-order valence-corrected chi connectivity index (χ1v) is 11.5. The number of carbonyl (C=O) groups is 2. The first-order chi connectivity index (χ1) is 14.6. The minimum absolute atomic E-state index is 0.0790. The van der Waals surface area contributed by atoms with E-state index >= 15 is 0 Å². The van der Waals surface area contributed by atoms with E-state index in [1.165, 1.54) is 23.1 Å². The zero-order chi connectivity index (χ0) is 21.2. The molecule has 11 heteroatoms. The van der Waals surface area contributed by atoms with Crippen LogP contribution in [0.3, 0.4) is 0 Å². The van der Waals surface area contributed by atoms with Crippen molar-refractivity contribution in [2.45, 2.75) is 11.3 Å². The Morgan fingerprint density at radius 2 is 1.93 bits per heavy atom. The molecule has 1 saturated heterocycles. The van der Waals surface area contributed by atoms with Gasteiger partial charge >= 0.3 is 6.09 Å². The molecular weight excluding hydrogens is 426 g/mol. The Bertz CT molecular complexity index is 812. The number of piperazine rings is 1. The van der Waals surface area contributed by atoms with E-state index < -0.39 is 6.09 Å². The summed E-state index contributed by atoms with van der Waals surface area (Å²) < 4.78 is 11.2. The zero-order valence-corrected chi connectivity index (χ0v) is 18.4. The number of ether oxygens (including phenoxy) is 2. The maximum atomic E-state index is 12.5. The summed E-state index contributed by atoms with van der Waals surface area (Å²) in [5.74, 6) is 1.25. The molecule has 0 saturated carbocycles. The molecule has 0 atom stereocenters. The highest BCUT2D eigenvalue weighted by Crippen LogP contribution is 2.25. The molecule has 0 aliphatic carbocycles. The van der Waals surface area contributed by atoms with E-state index in [1.807, 2.05) is 35.2 Å². The van der Waals surface area contributed by atoms with E-state index in [0.29, 0.717) is 34.9 Å². The number of carbonyl (C=O) groups excluding carboxylic acids is 2. The number of thioether (sulfide) groups is 1. The summed E-state index contributed by atoms with van der Waals surface area (Å²) in [4.78, 5) is 28.0. The van der Waals surface area contributed by atoms with E-state index in [1.54, 1.807) is 6.92 Å². The van der Waals surface area contributed by atoms with Crippen LogP contribution in [0.1, 0.15) is 6.92 Å². The van der Waals surface area contributed by atoms with Gasteiger partial charge < -0.3 is 14.4 Å². The molecule has 0 radical (unpaired) electrons. The van der Waals surface area contributed by atoms with Gasteiger partial charge in [-0.3, -0.25) is 15.0 Å². The Balaban J connectivity index is 1.32. The second-order valence-corrected chi connectivity index (χ2v) is 8.59. The molecule has 30 heavy (non-hydrogen) atoms. The summed E-state index contributed by atoms with van der Waals surface area (Å²) in [6.45, 7) is 6.56. The molecule has 162 valence electrons. The molecule has 1 aliphatic heterocycles. The summed E-state index contributed by atoms with van der Waals surface area (Å²) in [6.07, 6.45) is -0.562. The van der Waals surface area contributed by atoms with Crippen LogP contribution in [0.4, 0.5) is 9.93 Å². The Labute approximate surface area is 183 Å². The quantitative estimate of drug-likeness (QED) is 0.459. The smallest absolute Gasteiger partial charge is 0.413 e. The van der Waals surface area contributed by atoms with Crippen molar-refractivity contribution in [3.63, 3.8) is 0 Å². The number of amides is 2. The maximum Gasteiger partial charge on any atom is 0.413 e. The molecule has 1 N–H and O–H groups in total. The van der Waals surface area contributed by atoms with Gasteiger partial charge in [-0.05, 0) is 19.1 Å². The molecule has 3 rings (SSSR count). The highest BCUT2D eigenvalue weighted by molar-refractivity contribution is 8.01. The van der Waals surface area contributed by atoms with E-state index in [2.05, 4.69) is 20.4 Å². The first-order valence-electron chi connectivity index (χ1n) is 9.72. The molecule has 1 fully saturated rings. The minimum Gasteiger partial charge on any atom is -0.492 e. The summed E-state index contributed by atoms with van der Waals surface area (Å²) >= 11 is 2.54. The Morgan fingerprint density at radius 3 is 2.67 bits per heavy atom. The lowest BCUT2D eigenvalue weighted by Crippen LogP contribution is -2.50. The third kappa shape index (κ3) is 7.15. The van der Waals surface area contributed by atoms with Gasteiger partial charge in [0.15, 0.2) is 4.34 Å². The van der Waals surface area contributed by atoms with Crippen LogP contribution in [0.15, 0.2) is 34.7 Å². The van der Waals surface area contributed by atoms with E-state index in [0.717, 1.165) is 25.4 Å². The van der Waals surface area contributed by atoms with Gasteiger partial charge in [0.1, 0.15) is 12.4 Å². The molecule has 0 spiro atoms. The standard InChI is InChI=1S/C19H25N5O4S2/c1-2-27-18(26)20-17-21-22-19(30-17)29-14-16(25)24-10-8-23(9-11-24)12-13-28-15-6-4-3-5-7-15/h3-7H,2,8-14H2,1H3,(H,20,21,26). The molecule has 2 heterocycles. The predicted molar refractivity (Wildman–Crippen MR) is 116 cm³/mol. The molecule has 0 unspecified atom stereocenters. The van der Waals surface area contributed by atoms with Crippen LogP contribution < -0.4 is 10.1 Å². The average molecular weight is 452 g/mol. The third-order valence-corrected chi connectivity index (χ3v) is 6.31. The number of aromatic nitrogens is 2. The Kier molecular flexibility index (Phi) is 8.72. The van der Waals surface area contributed by atoms with Gasteiger partial charge in [-0.15, -0.1) is 10.2 Å². The third-order valence-electron chi connectivity index (χ3n) is 4.35. The highest BCUT2D eigenvalue weighted by Gasteiger charge is 2.21. The topological polar surface area (TPSA) is 96.9 Å². The summed E-state index contributed by atoms with van der Waals surface area (Å²) in [5.41, 5.74) is 0. The number of rotatable bonds is 9. The van der Waals surface area contributed by atoms with Crippen LogP contribution in [0, 0.1) is 0 Å². The van der Waals surface area contributed by atoms with Crippen LogP contribution in [-0.4, -0.2) is 83.7 Å². The molecule has 2 aromatic rings. The van der Waals surface area contributed by atoms with Gasteiger partial charge in [0.25, 0.3) is 0 Å². The largest absolute Gasteiger partial charge is 0.492 e. The number of anilines is 1. The van der Waals surface area contributed by atoms with Crippen molar-refractivity contribution in [2.24, 2.45) is 0 Å². The lowest BCUT2D eigenvalue weighted by atomic mass is 10.3. The van der Waals surface area contributed by atoms with Crippen LogP contribution in [-0.2, 0) is 9.53 Å². The van der Waals surface area contributed by atoms with Crippen LogP contribution in [0.2, 0.25) is 0 Å². The number of nitrogens with one attached hydrogen (secondary N) is 1. The second-order valence-electron chi connectivity index (χ2n) is 6.39. The molecule has 0 bridgehead atoms. The van der Waals surface area contributed by atoms with Crippen LogP contribution in [0.25, 0.3) is 0 Å². The zero-order valence-electron chi connectivity index (χ0n) is 16.8. The van der Waals surface area contributed by atoms with Gasteiger partial charge in [-0.25, -0.2) is 4.79 Å². The van der Waals surface area contributed by atoms with E-state index in [-0.39, 0.29) is 12.5 Å². The first kappa shape index (κ1) is 22.3. The van der Waals surface area contributed by atoms with Gasteiger partial charge in [0.05, 0.1) is 12.4 Å². The number of benzene rings is 1. The summed E-state index contributed by atoms with van der Waals surface area (Å²) in [6, 6.07) is 9.77. The van der Waals surface area contributed by atoms with E-state index in [4.69, 9.17) is 9.47 Å². The fraction of sp³-hybridized carbons (Fsp3) is 0.474. The van der Waals surface area contributed by atoms with Crippen molar-refractivity contribution >= 4 is 40.2 Å². The van der Waals surface area contributed by atoms with Gasteiger partial charge in [0, 0.05) is 32.7 Å². The number of hydrogen-bond acceptors (Lipinski definition) is 9. The molecule has 9 nitrogen and oxygen atoms in total. The van der Waals surface area contributed by atoms with Crippen molar-refractivity contribution in [1.29, 1.82) is 0 Å². The van der Waals surface area contributed by atoms with Crippen molar-refractivity contribution in [3.05, 3.63) is 30.3 Å². The van der Waals surface area contributed by atoms with Crippen molar-refractivity contribution < 1.29 is 19.1 Å². The maximum absolute atomic E-state index is 12.5. The van der Waals surface area contributed by atoms with Crippen molar-refractivity contribution in [1.82, 2.24) is 20.0 Å². The highest BCUT2D eigenvalue weighted by atomic mass is 32.2. The summed E-state index contributed by atoms with van der Waals surface area (Å²) in [7, 11) is 0. The molecular formula is C19H25N5O4S2. The molecule has 1 aromatic carbocycles. The van der Waals surface area contributed by atoms with E-state index in [9.17, 15) is 9.59 Å². The van der Waals surface area contributed by atoms with Crippen LogP contribution in [0.5, 0.6) is 5.75 Å². The van der Waals surface area contributed by atoms with Crippen molar-refractivity contribution in [3.8, 4) is 5.75 Å². The lowest BCUT2D eigenvalue weighted by molar-refractivity contribution is -0.130. The monoisotopic (exact) mass is 451 g/mol. The average Bonchev–Trinajstić information content (AvgIpc) is 3.20. The molecule has 2 amide bonds. The fourth-order valence-electron chi connectivity index (χ4n) is 2.82. The number of hydrogen-bond donors (Lipinski definition) is 1. The van der Waals surface area contributed by atoms with Gasteiger partial charge in [-0.2, -0.15) is 0 Å². The molecule has 1 aliphatic rings. The predicted octanol–water partition coefficient (Wildman–Crippen LogP) is 2.42. The van der Waals surface area contributed by atoms with Crippen LogP contribution >= 0.6 is 23.1 Å². The molecule has 1 aromatic heterocycles. The summed E-state index contributed by atoms with van der Waals surface area (Å²) in [5, 5.41) is 10.7. The minimum atomic E-state index is -0.562. The number of para-hydroxylation sites is 1.